The molecule has 1 saturated heterocycles. The predicted octanol–water partition coefficient (Wildman–Crippen LogP) is 0.109. The lowest BCUT2D eigenvalue weighted by molar-refractivity contribution is -0.130. The summed E-state index contributed by atoms with van der Waals surface area (Å²) in [7, 11) is 2.01. The molecule has 0 unspecified atom stereocenters. The Labute approximate surface area is 123 Å². The van der Waals surface area contributed by atoms with Gasteiger partial charge in [-0.15, -0.1) is 0 Å². The molecular weight excluding hydrogens is 270 g/mol. The van der Waals surface area contributed by atoms with Crippen molar-refractivity contribution in [2.75, 3.05) is 19.6 Å². The summed E-state index contributed by atoms with van der Waals surface area (Å²) < 4.78 is 2.06. The Bertz CT molecular complexity index is 592. The van der Waals surface area contributed by atoms with Gasteiger partial charge in [0.05, 0.1) is 12.0 Å². The van der Waals surface area contributed by atoms with Crippen LogP contribution in [0.1, 0.15) is 25.2 Å². The number of aromatic nitrogens is 2. The predicted molar refractivity (Wildman–Crippen MR) is 76.5 cm³/mol. The first-order chi connectivity index (χ1) is 9.88. The van der Waals surface area contributed by atoms with Crippen molar-refractivity contribution in [3.05, 3.63) is 17.7 Å². The van der Waals surface area contributed by atoms with Gasteiger partial charge in [-0.3, -0.25) is 14.6 Å². The molecule has 114 valence electrons. The van der Waals surface area contributed by atoms with E-state index in [2.05, 4.69) is 19.8 Å². The summed E-state index contributed by atoms with van der Waals surface area (Å²) in [5.74, 6) is -0.150. The van der Waals surface area contributed by atoms with Gasteiger partial charge in [-0.05, 0) is 13.8 Å². The van der Waals surface area contributed by atoms with E-state index < -0.39 is 5.54 Å². The fourth-order valence-electron chi connectivity index (χ4n) is 2.96. The van der Waals surface area contributed by atoms with Gasteiger partial charge in [0.15, 0.2) is 0 Å². The summed E-state index contributed by atoms with van der Waals surface area (Å²) in [6.07, 6.45) is 2.80. The van der Waals surface area contributed by atoms with Crippen LogP contribution in [0.5, 0.6) is 0 Å². The fraction of sp³-hybridized carbons (Fsp3) is 0.643. The number of aryl methyl sites for hydroxylation is 1. The Morgan fingerprint density at radius 1 is 1.33 bits per heavy atom. The van der Waals surface area contributed by atoms with Gasteiger partial charge in [0, 0.05) is 45.3 Å². The third kappa shape index (κ3) is 2.42. The van der Waals surface area contributed by atoms with Gasteiger partial charge < -0.3 is 9.88 Å². The van der Waals surface area contributed by atoms with Crippen molar-refractivity contribution in [3.63, 3.8) is 0 Å². The number of imide groups is 1. The van der Waals surface area contributed by atoms with E-state index in [0.717, 1.165) is 25.2 Å². The molecule has 1 aromatic heterocycles. The van der Waals surface area contributed by atoms with E-state index in [-0.39, 0.29) is 11.9 Å². The van der Waals surface area contributed by atoms with E-state index in [0.29, 0.717) is 13.1 Å². The molecule has 2 aliphatic rings. The zero-order valence-electron chi connectivity index (χ0n) is 12.7. The van der Waals surface area contributed by atoms with E-state index in [1.165, 1.54) is 10.6 Å². The van der Waals surface area contributed by atoms with Crippen molar-refractivity contribution in [2.45, 2.75) is 32.4 Å². The summed E-state index contributed by atoms with van der Waals surface area (Å²) >= 11 is 0. The first-order valence-corrected chi connectivity index (χ1v) is 7.24. The quantitative estimate of drug-likeness (QED) is 0.802. The Morgan fingerprint density at radius 3 is 2.76 bits per heavy atom. The number of nitrogens with zero attached hydrogens (tertiary/aromatic N) is 4. The zero-order valence-corrected chi connectivity index (χ0v) is 12.7. The number of imidazole rings is 1. The first kappa shape index (κ1) is 14.1. The average Bonchev–Trinajstić information content (AvgIpc) is 2.87. The largest absolute Gasteiger partial charge is 0.337 e. The number of fused-ring (bicyclic) bond motifs is 1. The highest BCUT2D eigenvalue weighted by molar-refractivity contribution is 6.06. The Kier molecular flexibility index (Phi) is 3.24. The molecule has 3 heterocycles. The molecule has 0 aliphatic carbocycles. The minimum absolute atomic E-state index is 0.150. The number of amides is 3. The summed E-state index contributed by atoms with van der Waals surface area (Å²) in [4.78, 5) is 31.9. The maximum absolute atomic E-state index is 12.1. The van der Waals surface area contributed by atoms with Crippen LogP contribution in [0, 0.1) is 0 Å². The van der Waals surface area contributed by atoms with Crippen LogP contribution in [-0.2, 0) is 24.8 Å². The molecule has 7 heteroatoms. The number of nitrogens with one attached hydrogen (secondary N) is 1. The smallest absolute Gasteiger partial charge is 0.325 e. The van der Waals surface area contributed by atoms with Gasteiger partial charge >= 0.3 is 6.03 Å². The number of carbonyl (C=O) groups is 2. The van der Waals surface area contributed by atoms with E-state index in [1.54, 1.807) is 13.8 Å². The topological polar surface area (TPSA) is 70.5 Å². The lowest BCUT2D eigenvalue weighted by atomic mass is 10.1. The van der Waals surface area contributed by atoms with Gasteiger partial charge in [-0.2, -0.15) is 0 Å². The number of hydrogen-bond acceptors (Lipinski definition) is 4. The molecule has 0 spiro atoms. The van der Waals surface area contributed by atoms with Crippen LogP contribution in [0.2, 0.25) is 0 Å². The molecular formula is C14H21N5O2. The van der Waals surface area contributed by atoms with Gasteiger partial charge in [0.2, 0.25) is 0 Å². The normalized spacial score (nSPS) is 21.6. The monoisotopic (exact) mass is 291 g/mol. The van der Waals surface area contributed by atoms with Crippen LogP contribution < -0.4 is 5.32 Å². The van der Waals surface area contributed by atoms with Gasteiger partial charge in [0.25, 0.3) is 5.91 Å². The lowest BCUT2D eigenvalue weighted by Crippen LogP contribution is -2.42. The number of rotatable bonds is 3. The van der Waals surface area contributed by atoms with Gasteiger partial charge in [-0.1, -0.05) is 0 Å². The minimum atomic E-state index is -0.785. The Hall–Kier alpha value is -1.89. The van der Waals surface area contributed by atoms with Crippen molar-refractivity contribution >= 4 is 11.9 Å². The molecule has 1 aromatic rings. The molecule has 1 N–H and O–H groups in total. The summed E-state index contributed by atoms with van der Waals surface area (Å²) in [6, 6.07) is -0.291. The second-order valence-corrected chi connectivity index (χ2v) is 6.29. The number of urea groups is 1. The standard InChI is InChI=1S/C14H21N5O2/c1-14(2)12(20)19(13(21)16-14)7-6-18-5-4-11-10(8-18)15-9-17(11)3/h9H,4-8H2,1-3H3,(H,16,21). The Balaban J connectivity index is 1.60. The molecule has 21 heavy (non-hydrogen) atoms. The zero-order chi connectivity index (χ0) is 15.2. The molecule has 0 bridgehead atoms. The highest BCUT2D eigenvalue weighted by Crippen LogP contribution is 2.19. The molecule has 3 rings (SSSR count). The molecule has 1 fully saturated rings. The maximum Gasteiger partial charge on any atom is 0.325 e. The van der Waals surface area contributed by atoms with Crippen molar-refractivity contribution in [3.8, 4) is 0 Å². The lowest BCUT2D eigenvalue weighted by Gasteiger charge is -2.28. The van der Waals surface area contributed by atoms with E-state index in [1.807, 2.05) is 13.4 Å². The molecule has 0 radical (unpaired) electrons. The van der Waals surface area contributed by atoms with Crippen LogP contribution >= 0.6 is 0 Å². The summed E-state index contributed by atoms with van der Waals surface area (Å²) in [5.41, 5.74) is 1.59. The molecule has 3 amide bonds. The van der Waals surface area contributed by atoms with Crippen LogP contribution in [0.15, 0.2) is 6.33 Å². The SMILES string of the molecule is Cn1cnc2c1CCN(CCN1C(=O)NC(C)(C)C1=O)C2. The average molecular weight is 291 g/mol. The summed E-state index contributed by atoms with van der Waals surface area (Å²) in [6.45, 7) is 6.28. The molecule has 0 saturated carbocycles. The molecule has 2 aliphatic heterocycles. The highest BCUT2D eigenvalue weighted by atomic mass is 16.2. The van der Waals surface area contributed by atoms with Gasteiger partial charge in [-0.25, -0.2) is 9.78 Å². The van der Waals surface area contributed by atoms with Crippen molar-refractivity contribution in [1.29, 1.82) is 0 Å². The van der Waals surface area contributed by atoms with E-state index in [4.69, 9.17) is 0 Å². The number of hydrogen-bond donors (Lipinski definition) is 1. The summed E-state index contributed by atoms with van der Waals surface area (Å²) in [5, 5.41) is 2.70. The third-order valence-corrected chi connectivity index (χ3v) is 4.27. The first-order valence-electron chi connectivity index (χ1n) is 7.24. The molecule has 7 nitrogen and oxygen atoms in total. The van der Waals surface area contributed by atoms with E-state index in [9.17, 15) is 9.59 Å². The molecule has 0 aromatic carbocycles. The van der Waals surface area contributed by atoms with Crippen LogP contribution in [0.3, 0.4) is 0 Å². The van der Waals surface area contributed by atoms with E-state index >= 15 is 0 Å². The Morgan fingerprint density at radius 2 is 2.10 bits per heavy atom. The second-order valence-electron chi connectivity index (χ2n) is 6.29. The highest BCUT2D eigenvalue weighted by Gasteiger charge is 2.44. The van der Waals surface area contributed by atoms with Crippen molar-refractivity contribution < 1.29 is 9.59 Å². The third-order valence-electron chi connectivity index (χ3n) is 4.27. The molecule has 0 atom stereocenters. The fourth-order valence-corrected chi connectivity index (χ4v) is 2.96. The van der Waals surface area contributed by atoms with Crippen LogP contribution in [0.25, 0.3) is 0 Å². The number of carbonyl (C=O) groups excluding carboxylic acids is 2. The van der Waals surface area contributed by atoms with Crippen molar-refractivity contribution in [1.82, 2.24) is 24.7 Å². The maximum atomic E-state index is 12.1. The van der Waals surface area contributed by atoms with Crippen molar-refractivity contribution in [2.24, 2.45) is 7.05 Å². The minimum Gasteiger partial charge on any atom is -0.337 e. The second kappa shape index (κ2) is 4.84. The van der Waals surface area contributed by atoms with Crippen LogP contribution in [0.4, 0.5) is 4.79 Å². The van der Waals surface area contributed by atoms with Gasteiger partial charge in [0.1, 0.15) is 5.54 Å². The van der Waals surface area contributed by atoms with Crippen LogP contribution in [-0.4, -0.2) is 56.5 Å².